The predicted octanol–water partition coefficient (Wildman–Crippen LogP) is 10.2. The fourth-order valence-corrected chi connectivity index (χ4v) is 6.57. The molecule has 0 bridgehead atoms. The number of rotatable bonds is 4. The summed E-state index contributed by atoms with van der Waals surface area (Å²) in [6.07, 6.45) is 9.19. The normalized spacial score (nSPS) is 15.1. The van der Waals surface area contributed by atoms with Gasteiger partial charge in [-0.15, -0.1) is 0 Å². The summed E-state index contributed by atoms with van der Waals surface area (Å²) >= 11 is 0. The molecule has 1 nitrogen and oxygen atoms in total. The maximum atomic E-state index is 2.42. The van der Waals surface area contributed by atoms with Gasteiger partial charge in [0.15, 0.2) is 0 Å². The smallest absolute Gasteiger partial charge is 0.0748 e. The highest BCUT2D eigenvalue weighted by Crippen LogP contribution is 2.61. The molecule has 0 radical (unpaired) electrons. The summed E-state index contributed by atoms with van der Waals surface area (Å²) in [5, 5.41) is 0. The Labute approximate surface area is 237 Å². The van der Waals surface area contributed by atoms with Gasteiger partial charge in [0.05, 0.1) is 16.8 Å². The van der Waals surface area contributed by atoms with Gasteiger partial charge in [-0.05, 0) is 89.2 Å². The SMILES string of the molecule is C/C=C\C(=C/C1=Cc2ccccc2C12c1ccccc1N(c1ccccc1)c1ccccc12)c1ccc(C)cc1. The topological polar surface area (TPSA) is 3.24 Å². The summed E-state index contributed by atoms with van der Waals surface area (Å²) in [4.78, 5) is 2.42. The molecule has 0 saturated carbocycles. The number of para-hydroxylation sites is 3. The number of aryl methyl sites for hydroxylation is 1. The molecule has 0 atom stereocenters. The lowest BCUT2D eigenvalue weighted by molar-refractivity contribution is 0.747. The molecule has 1 spiro atoms. The fraction of sp³-hybridized carbons (Fsp3) is 0.0769. The van der Waals surface area contributed by atoms with Crippen molar-refractivity contribution in [3.63, 3.8) is 0 Å². The van der Waals surface area contributed by atoms with Gasteiger partial charge in [-0.2, -0.15) is 0 Å². The van der Waals surface area contributed by atoms with Crippen molar-refractivity contribution in [1.82, 2.24) is 0 Å². The molecule has 0 amide bonds. The Bertz CT molecular complexity index is 1750. The van der Waals surface area contributed by atoms with Gasteiger partial charge in [0.1, 0.15) is 0 Å². The van der Waals surface area contributed by atoms with Crippen molar-refractivity contribution in [3.05, 3.63) is 185 Å². The lowest BCUT2D eigenvalue weighted by Crippen LogP contribution is -2.36. The lowest BCUT2D eigenvalue weighted by atomic mass is 9.63. The molecule has 0 N–H and O–H groups in total. The van der Waals surface area contributed by atoms with Gasteiger partial charge >= 0.3 is 0 Å². The van der Waals surface area contributed by atoms with Crippen molar-refractivity contribution in [2.75, 3.05) is 4.90 Å². The zero-order valence-corrected chi connectivity index (χ0v) is 22.9. The van der Waals surface area contributed by atoms with Gasteiger partial charge in [-0.1, -0.05) is 121 Å². The molecule has 2 aliphatic rings. The first kappa shape index (κ1) is 24.2. The third kappa shape index (κ3) is 3.62. The van der Waals surface area contributed by atoms with Crippen LogP contribution in [0.1, 0.15) is 40.3 Å². The van der Waals surface area contributed by atoms with Crippen LogP contribution in [0.15, 0.2) is 151 Å². The van der Waals surface area contributed by atoms with Crippen LogP contribution in [-0.2, 0) is 5.41 Å². The third-order valence-corrected chi connectivity index (χ3v) is 8.26. The molecular formula is C39H31N. The van der Waals surface area contributed by atoms with Crippen molar-refractivity contribution in [3.8, 4) is 0 Å². The van der Waals surface area contributed by atoms with Crippen molar-refractivity contribution >= 4 is 28.7 Å². The average molecular weight is 514 g/mol. The predicted molar refractivity (Wildman–Crippen MR) is 169 cm³/mol. The fourth-order valence-electron chi connectivity index (χ4n) is 6.57. The number of allylic oxidation sites excluding steroid dienone is 5. The van der Waals surface area contributed by atoms with E-state index in [1.54, 1.807) is 0 Å². The van der Waals surface area contributed by atoms with Gasteiger partial charge in [0.25, 0.3) is 0 Å². The van der Waals surface area contributed by atoms with Crippen LogP contribution in [0, 0.1) is 6.92 Å². The molecule has 7 rings (SSSR count). The van der Waals surface area contributed by atoms with E-state index in [0.717, 1.165) is 0 Å². The van der Waals surface area contributed by atoms with Gasteiger partial charge in [-0.3, -0.25) is 0 Å². The molecule has 5 aromatic rings. The Hall–Kier alpha value is -4.88. The van der Waals surface area contributed by atoms with Gasteiger partial charge in [-0.25, -0.2) is 0 Å². The Balaban J connectivity index is 1.56. The molecule has 0 unspecified atom stereocenters. The molecule has 1 heteroatoms. The van der Waals surface area contributed by atoms with Crippen molar-refractivity contribution in [2.24, 2.45) is 0 Å². The number of hydrogen-bond acceptors (Lipinski definition) is 1. The second-order valence-electron chi connectivity index (χ2n) is 10.6. The first-order valence-electron chi connectivity index (χ1n) is 14.0. The standard InChI is InChI=1S/C39H31N/c1-3-13-30(29-24-22-28(2)23-25-29)26-32-27-31-14-7-8-17-34(31)39(32)35-18-9-11-20-37(35)40(33-15-5-4-6-16-33)38-21-12-10-19-36(38)39/h3-27H,1-2H3/b13-3-,30-26+. The highest BCUT2D eigenvalue weighted by Gasteiger charge is 2.50. The monoisotopic (exact) mass is 513 g/mol. The molecule has 1 aliphatic heterocycles. The minimum atomic E-state index is -0.438. The first-order valence-corrected chi connectivity index (χ1v) is 14.0. The number of anilines is 3. The Morgan fingerprint density at radius 2 is 1.20 bits per heavy atom. The summed E-state index contributed by atoms with van der Waals surface area (Å²) in [5.74, 6) is 0. The number of fused-ring (bicyclic) bond motifs is 6. The van der Waals surface area contributed by atoms with Gasteiger partial charge in [0, 0.05) is 5.69 Å². The molecule has 40 heavy (non-hydrogen) atoms. The zero-order chi connectivity index (χ0) is 27.1. The molecule has 0 aromatic heterocycles. The van der Waals surface area contributed by atoms with Gasteiger partial charge < -0.3 is 4.90 Å². The van der Waals surface area contributed by atoms with Crippen molar-refractivity contribution in [2.45, 2.75) is 19.3 Å². The maximum absolute atomic E-state index is 2.42. The third-order valence-electron chi connectivity index (χ3n) is 8.26. The van der Waals surface area contributed by atoms with Crippen LogP contribution in [0.5, 0.6) is 0 Å². The Morgan fingerprint density at radius 3 is 1.85 bits per heavy atom. The van der Waals surface area contributed by atoms with E-state index >= 15 is 0 Å². The maximum Gasteiger partial charge on any atom is 0.0748 e. The van der Waals surface area contributed by atoms with Crippen LogP contribution in [0.3, 0.4) is 0 Å². The highest BCUT2D eigenvalue weighted by molar-refractivity contribution is 5.94. The van der Waals surface area contributed by atoms with E-state index in [9.17, 15) is 0 Å². The summed E-state index contributed by atoms with van der Waals surface area (Å²) < 4.78 is 0. The Kier molecular flexibility index (Phi) is 5.86. The molecule has 0 saturated heterocycles. The summed E-state index contributed by atoms with van der Waals surface area (Å²) in [6.45, 7) is 4.24. The molecule has 1 aliphatic carbocycles. The molecular weight excluding hydrogens is 482 g/mol. The lowest BCUT2D eigenvalue weighted by Gasteiger charge is -2.45. The minimum Gasteiger partial charge on any atom is -0.310 e. The van der Waals surface area contributed by atoms with Crippen LogP contribution >= 0.6 is 0 Å². The summed E-state index contributed by atoms with van der Waals surface area (Å²) in [5.41, 5.74) is 13.3. The van der Waals surface area contributed by atoms with E-state index in [1.807, 2.05) is 0 Å². The number of benzene rings is 5. The summed E-state index contributed by atoms with van der Waals surface area (Å²) in [7, 11) is 0. The molecule has 0 fully saturated rings. The quantitative estimate of drug-likeness (QED) is 0.216. The van der Waals surface area contributed by atoms with Crippen molar-refractivity contribution < 1.29 is 0 Å². The van der Waals surface area contributed by atoms with E-state index in [-0.39, 0.29) is 0 Å². The van der Waals surface area contributed by atoms with E-state index in [4.69, 9.17) is 0 Å². The molecule has 5 aromatic carbocycles. The average Bonchev–Trinajstić information content (AvgIpc) is 3.32. The van der Waals surface area contributed by atoms with Crippen LogP contribution < -0.4 is 4.90 Å². The van der Waals surface area contributed by atoms with E-state index in [1.165, 1.54) is 61.6 Å². The minimum absolute atomic E-state index is 0.438. The molecule has 192 valence electrons. The van der Waals surface area contributed by atoms with E-state index < -0.39 is 5.41 Å². The highest BCUT2D eigenvalue weighted by atomic mass is 15.2. The van der Waals surface area contributed by atoms with Gasteiger partial charge in [0.2, 0.25) is 0 Å². The molecule has 1 heterocycles. The zero-order valence-electron chi connectivity index (χ0n) is 22.9. The second-order valence-corrected chi connectivity index (χ2v) is 10.6. The van der Waals surface area contributed by atoms with Crippen LogP contribution in [0.25, 0.3) is 11.6 Å². The van der Waals surface area contributed by atoms with E-state index in [2.05, 4.69) is 170 Å². The van der Waals surface area contributed by atoms with Crippen molar-refractivity contribution in [1.29, 1.82) is 0 Å². The summed E-state index contributed by atoms with van der Waals surface area (Å²) in [6, 6.07) is 46.4. The largest absolute Gasteiger partial charge is 0.310 e. The van der Waals surface area contributed by atoms with Crippen LogP contribution in [-0.4, -0.2) is 0 Å². The Morgan fingerprint density at radius 1 is 0.625 bits per heavy atom. The van der Waals surface area contributed by atoms with Crippen LogP contribution in [0.4, 0.5) is 17.1 Å². The van der Waals surface area contributed by atoms with E-state index in [0.29, 0.717) is 0 Å². The van der Waals surface area contributed by atoms with Crippen LogP contribution in [0.2, 0.25) is 0 Å². The second kappa shape index (κ2) is 9.70. The first-order chi connectivity index (χ1) is 19.7. The number of hydrogen-bond donors (Lipinski definition) is 0. The number of nitrogens with zero attached hydrogens (tertiary/aromatic N) is 1.